The maximum absolute atomic E-state index is 13.8. The average Bonchev–Trinajstić information content (AvgIpc) is 2.69. The number of anilines is 1. The summed E-state index contributed by atoms with van der Waals surface area (Å²) in [5, 5.41) is 2.90. The number of piperazine rings is 1. The summed E-state index contributed by atoms with van der Waals surface area (Å²) in [6.07, 6.45) is 0. The van der Waals surface area contributed by atoms with E-state index in [0.29, 0.717) is 31.1 Å². The maximum atomic E-state index is 13.8. The number of benzene rings is 2. The quantitative estimate of drug-likeness (QED) is 0.875. The molecule has 0 saturated carbocycles. The summed E-state index contributed by atoms with van der Waals surface area (Å²) < 4.78 is 23.9. The van der Waals surface area contributed by atoms with Crippen molar-refractivity contribution in [3.05, 3.63) is 53.8 Å². The van der Waals surface area contributed by atoms with Crippen LogP contribution in [0, 0.1) is 5.82 Å². The molecule has 2 aromatic rings. The molecule has 144 valence electrons. The fourth-order valence-electron chi connectivity index (χ4n) is 3.08. The van der Waals surface area contributed by atoms with Gasteiger partial charge in [0, 0.05) is 44.5 Å². The molecule has 1 heterocycles. The van der Waals surface area contributed by atoms with E-state index in [1.165, 1.54) is 13.2 Å². The van der Waals surface area contributed by atoms with Gasteiger partial charge < -0.3 is 19.7 Å². The molecule has 7 heteroatoms. The molecule has 3 rings (SSSR count). The van der Waals surface area contributed by atoms with Crippen molar-refractivity contribution >= 4 is 11.7 Å². The highest BCUT2D eigenvalue weighted by atomic mass is 19.1. The molecule has 0 aromatic heterocycles. The molecule has 1 N–H and O–H groups in total. The lowest BCUT2D eigenvalue weighted by Gasteiger charge is -2.34. The molecule has 0 bridgehead atoms. The Labute approximate surface area is 158 Å². The molecular weight excluding hydrogens is 349 g/mol. The largest absolute Gasteiger partial charge is 0.497 e. The molecule has 0 spiro atoms. The summed E-state index contributed by atoms with van der Waals surface area (Å²) in [5.41, 5.74) is 1.60. The van der Waals surface area contributed by atoms with Gasteiger partial charge in [0.2, 0.25) is 0 Å². The van der Waals surface area contributed by atoms with Gasteiger partial charge in [0.15, 0.2) is 11.6 Å². The van der Waals surface area contributed by atoms with E-state index in [2.05, 4.69) is 10.2 Å². The van der Waals surface area contributed by atoms with E-state index in [0.717, 1.165) is 18.7 Å². The van der Waals surface area contributed by atoms with Crippen LogP contribution < -0.4 is 14.8 Å². The second-order valence-electron chi connectivity index (χ2n) is 6.39. The van der Waals surface area contributed by atoms with Gasteiger partial charge in [-0.2, -0.15) is 0 Å². The fraction of sp³-hybridized carbons (Fsp3) is 0.350. The summed E-state index contributed by atoms with van der Waals surface area (Å²) in [5.74, 6) is 0.591. The highest BCUT2D eigenvalue weighted by Gasteiger charge is 2.21. The molecule has 27 heavy (non-hydrogen) atoms. The highest BCUT2D eigenvalue weighted by molar-refractivity contribution is 5.89. The second kappa shape index (κ2) is 8.73. The Hall–Kier alpha value is -2.80. The van der Waals surface area contributed by atoms with Crippen LogP contribution in [0.25, 0.3) is 0 Å². The lowest BCUT2D eigenvalue weighted by molar-refractivity contribution is 0.143. The predicted molar refractivity (Wildman–Crippen MR) is 102 cm³/mol. The first kappa shape index (κ1) is 19.0. The van der Waals surface area contributed by atoms with Gasteiger partial charge in [0.1, 0.15) is 5.75 Å². The van der Waals surface area contributed by atoms with Crippen molar-refractivity contribution in [2.75, 3.05) is 45.7 Å². The van der Waals surface area contributed by atoms with Gasteiger partial charge in [-0.05, 0) is 29.8 Å². The Morgan fingerprint density at radius 3 is 2.52 bits per heavy atom. The third-order valence-electron chi connectivity index (χ3n) is 4.60. The van der Waals surface area contributed by atoms with Crippen LogP contribution in [0.3, 0.4) is 0 Å². The van der Waals surface area contributed by atoms with E-state index in [4.69, 9.17) is 9.47 Å². The Kier molecular flexibility index (Phi) is 6.13. The van der Waals surface area contributed by atoms with E-state index in [1.807, 2.05) is 24.3 Å². The first-order chi connectivity index (χ1) is 13.1. The zero-order chi connectivity index (χ0) is 19.2. The van der Waals surface area contributed by atoms with Crippen molar-refractivity contribution in [1.29, 1.82) is 0 Å². The molecule has 0 aliphatic carbocycles. The van der Waals surface area contributed by atoms with Gasteiger partial charge in [0.25, 0.3) is 0 Å². The Balaban J connectivity index is 1.50. The SMILES string of the molecule is COc1cccc(NC(=O)N2CCN(Cc3ccc(OC)c(F)c3)CC2)c1. The number of carbonyl (C=O) groups is 1. The molecule has 1 saturated heterocycles. The van der Waals surface area contributed by atoms with Gasteiger partial charge in [-0.25, -0.2) is 9.18 Å². The van der Waals surface area contributed by atoms with Crippen LogP contribution in [0.2, 0.25) is 0 Å². The van der Waals surface area contributed by atoms with E-state index >= 15 is 0 Å². The van der Waals surface area contributed by atoms with Crippen molar-refractivity contribution in [1.82, 2.24) is 9.80 Å². The van der Waals surface area contributed by atoms with E-state index in [1.54, 1.807) is 24.1 Å². The first-order valence-corrected chi connectivity index (χ1v) is 8.84. The fourth-order valence-corrected chi connectivity index (χ4v) is 3.08. The summed E-state index contributed by atoms with van der Waals surface area (Å²) in [6, 6.07) is 12.2. The average molecular weight is 373 g/mol. The topological polar surface area (TPSA) is 54.0 Å². The number of nitrogens with zero attached hydrogens (tertiary/aromatic N) is 2. The normalized spacial score (nSPS) is 14.7. The van der Waals surface area contributed by atoms with Crippen molar-refractivity contribution in [2.45, 2.75) is 6.54 Å². The predicted octanol–water partition coefficient (Wildman–Crippen LogP) is 3.19. The van der Waals surface area contributed by atoms with E-state index in [9.17, 15) is 9.18 Å². The van der Waals surface area contributed by atoms with Crippen LogP contribution in [0.5, 0.6) is 11.5 Å². The zero-order valence-corrected chi connectivity index (χ0v) is 15.6. The molecule has 1 fully saturated rings. The monoisotopic (exact) mass is 373 g/mol. The minimum absolute atomic E-state index is 0.126. The number of urea groups is 1. The number of ether oxygens (including phenoxy) is 2. The van der Waals surface area contributed by atoms with Crippen molar-refractivity contribution < 1.29 is 18.7 Å². The maximum Gasteiger partial charge on any atom is 0.321 e. The minimum atomic E-state index is -0.355. The third-order valence-corrected chi connectivity index (χ3v) is 4.60. The Bertz CT molecular complexity index is 792. The van der Waals surface area contributed by atoms with E-state index in [-0.39, 0.29) is 17.6 Å². The molecule has 0 unspecified atom stereocenters. The van der Waals surface area contributed by atoms with Gasteiger partial charge in [-0.1, -0.05) is 12.1 Å². The summed E-state index contributed by atoms with van der Waals surface area (Å²) in [4.78, 5) is 16.4. The van der Waals surface area contributed by atoms with Gasteiger partial charge in [0.05, 0.1) is 14.2 Å². The third kappa shape index (κ3) is 4.89. The number of amides is 2. The molecular formula is C20H24FN3O3. The lowest BCUT2D eigenvalue weighted by Crippen LogP contribution is -2.49. The number of halogens is 1. The van der Waals surface area contributed by atoms with Crippen LogP contribution >= 0.6 is 0 Å². The van der Waals surface area contributed by atoms with Crippen molar-refractivity contribution in [3.63, 3.8) is 0 Å². The van der Waals surface area contributed by atoms with Gasteiger partial charge >= 0.3 is 6.03 Å². The van der Waals surface area contributed by atoms with Crippen LogP contribution in [0.15, 0.2) is 42.5 Å². The van der Waals surface area contributed by atoms with Crippen LogP contribution in [-0.2, 0) is 6.54 Å². The van der Waals surface area contributed by atoms with Crippen LogP contribution in [0.4, 0.5) is 14.9 Å². The molecule has 0 radical (unpaired) electrons. The number of hydrogen-bond acceptors (Lipinski definition) is 4. The number of nitrogens with one attached hydrogen (secondary N) is 1. The van der Waals surface area contributed by atoms with Crippen LogP contribution in [0.1, 0.15) is 5.56 Å². The van der Waals surface area contributed by atoms with E-state index < -0.39 is 0 Å². The standard InChI is InChI=1S/C20H24FN3O3/c1-26-17-5-3-4-16(13-17)22-20(25)24-10-8-23(9-11-24)14-15-6-7-19(27-2)18(21)12-15/h3-7,12-13H,8-11,14H2,1-2H3,(H,22,25). The van der Waals surface area contributed by atoms with Crippen molar-refractivity contribution in [3.8, 4) is 11.5 Å². The summed E-state index contributed by atoms with van der Waals surface area (Å²) in [7, 11) is 3.04. The molecule has 1 aliphatic rings. The van der Waals surface area contributed by atoms with Gasteiger partial charge in [-0.3, -0.25) is 4.90 Å². The van der Waals surface area contributed by atoms with Crippen molar-refractivity contribution in [2.24, 2.45) is 0 Å². The second-order valence-corrected chi connectivity index (χ2v) is 6.39. The molecule has 2 aromatic carbocycles. The summed E-state index contributed by atoms with van der Waals surface area (Å²) in [6.45, 7) is 3.35. The Morgan fingerprint density at radius 1 is 1.07 bits per heavy atom. The number of rotatable bonds is 5. The van der Waals surface area contributed by atoms with Crippen LogP contribution in [-0.4, -0.2) is 56.2 Å². The molecule has 2 amide bonds. The molecule has 1 aliphatic heterocycles. The smallest absolute Gasteiger partial charge is 0.321 e. The summed E-state index contributed by atoms with van der Waals surface area (Å²) >= 11 is 0. The number of methoxy groups -OCH3 is 2. The lowest BCUT2D eigenvalue weighted by atomic mass is 10.2. The molecule has 0 atom stereocenters. The van der Waals surface area contributed by atoms with Gasteiger partial charge in [-0.15, -0.1) is 0 Å². The number of hydrogen-bond donors (Lipinski definition) is 1. The molecule has 6 nitrogen and oxygen atoms in total. The highest BCUT2D eigenvalue weighted by Crippen LogP contribution is 2.20. The number of carbonyl (C=O) groups excluding carboxylic acids is 1. The zero-order valence-electron chi connectivity index (χ0n) is 15.6. The minimum Gasteiger partial charge on any atom is -0.497 e. The first-order valence-electron chi connectivity index (χ1n) is 8.84. The Morgan fingerprint density at radius 2 is 1.85 bits per heavy atom.